The van der Waals surface area contributed by atoms with Gasteiger partial charge in [-0.1, -0.05) is 5.57 Å². The third-order valence-electron chi connectivity index (χ3n) is 3.64. The van der Waals surface area contributed by atoms with Crippen molar-refractivity contribution in [2.75, 3.05) is 32.4 Å². The van der Waals surface area contributed by atoms with Crippen molar-refractivity contribution in [2.45, 2.75) is 25.7 Å². The van der Waals surface area contributed by atoms with Crippen LogP contribution in [0.15, 0.2) is 11.8 Å². The van der Waals surface area contributed by atoms with E-state index >= 15 is 0 Å². The minimum atomic E-state index is -3.14. The van der Waals surface area contributed by atoms with Gasteiger partial charge in [0.05, 0.1) is 6.26 Å². The fraction of sp³-hybridized carbons (Fsp3) is 0.750. The maximum atomic E-state index is 11.9. The molecule has 108 valence electrons. The fourth-order valence-electron chi connectivity index (χ4n) is 2.45. The average Bonchev–Trinajstić information content (AvgIpc) is 2.88. The molecule has 1 saturated heterocycles. The van der Waals surface area contributed by atoms with E-state index in [1.165, 1.54) is 29.0 Å². The van der Waals surface area contributed by atoms with Gasteiger partial charge in [0.1, 0.15) is 0 Å². The predicted octanol–water partition coefficient (Wildman–Crippen LogP) is 0.731. The van der Waals surface area contributed by atoms with Gasteiger partial charge < -0.3 is 10.2 Å². The second-order valence-corrected chi connectivity index (χ2v) is 7.09. The van der Waals surface area contributed by atoms with Crippen molar-refractivity contribution in [3.63, 3.8) is 0 Å². The van der Waals surface area contributed by atoms with Crippen LogP contribution in [-0.4, -0.2) is 56.1 Å². The van der Waals surface area contributed by atoms with Gasteiger partial charge in [-0.05, 0) is 25.7 Å². The number of carbonyl (C=O) groups is 1. The number of hydrogen-bond acceptors (Lipinski definition) is 3. The zero-order valence-electron chi connectivity index (χ0n) is 11.3. The Bertz CT molecular complexity index is 457. The minimum Gasteiger partial charge on any atom is -0.322 e. The topological polar surface area (TPSA) is 69.7 Å². The molecule has 2 rings (SSSR count). The van der Waals surface area contributed by atoms with E-state index < -0.39 is 10.0 Å². The largest absolute Gasteiger partial charge is 0.322 e. The molecule has 2 fully saturated rings. The second-order valence-electron chi connectivity index (χ2n) is 5.11. The van der Waals surface area contributed by atoms with Gasteiger partial charge in [-0.25, -0.2) is 13.2 Å². The van der Waals surface area contributed by atoms with Gasteiger partial charge in [0, 0.05) is 32.4 Å². The summed E-state index contributed by atoms with van der Waals surface area (Å²) >= 11 is 0. The number of urea groups is 1. The van der Waals surface area contributed by atoms with Crippen molar-refractivity contribution >= 4 is 16.1 Å². The molecule has 0 bridgehead atoms. The lowest BCUT2D eigenvalue weighted by atomic mass is 10.2. The first kappa shape index (κ1) is 14.3. The zero-order chi connectivity index (χ0) is 13.9. The lowest BCUT2D eigenvalue weighted by Crippen LogP contribution is -2.52. The smallest absolute Gasteiger partial charge is 0.321 e. The van der Waals surface area contributed by atoms with Crippen LogP contribution in [-0.2, 0) is 10.0 Å². The van der Waals surface area contributed by atoms with Crippen molar-refractivity contribution < 1.29 is 13.2 Å². The molecule has 1 aliphatic heterocycles. The Kier molecular flexibility index (Phi) is 4.46. The number of sulfonamides is 1. The van der Waals surface area contributed by atoms with Gasteiger partial charge in [-0.15, -0.1) is 0 Å². The van der Waals surface area contributed by atoms with E-state index in [9.17, 15) is 13.2 Å². The summed E-state index contributed by atoms with van der Waals surface area (Å²) in [5.74, 6) is 0. The van der Waals surface area contributed by atoms with Crippen LogP contribution in [0, 0.1) is 0 Å². The van der Waals surface area contributed by atoms with Gasteiger partial charge in [0.25, 0.3) is 0 Å². The molecule has 0 spiro atoms. The van der Waals surface area contributed by atoms with Crippen molar-refractivity contribution in [1.29, 1.82) is 0 Å². The molecule has 0 unspecified atom stereocenters. The third kappa shape index (κ3) is 3.94. The van der Waals surface area contributed by atoms with Gasteiger partial charge in [-0.3, -0.25) is 0 Å². The number of allylic oxidation sites excluding steroid dienone is 1. The van der Waals surface area contributed by atoms with Crippen LogP contribution in [0.5, 0.6) is 0 Å². The Morgan fingerprint density at radius 1 is 1.16 bits per heavy atom. The lowest BCUT2D eigenvalue weighted by molar-refractivity contribution is 0.175. The summed E-state index contributed by atoms with van der Waals surface area (Å²) < 4.78 is 24.1. The molecule has 0 aromatic carbocycles. The zero-order valence-corrected chi connectivity index (χ0v) is 12.1. The van der Waals surface area contributed by atoms with E-state index in [0.717, 1.165) is 12.8 Å². The summed E-state index contributed by atoms with van der Waals surface area (Å²) in [4.78, 5) is 13.6. The summed E-state index contributed by atoms with van der Waals surface area (Å²) in [6.45, 7) is 1.65. The molecule has 0 radical (unpaired) electrons. The van der Waals surface area contributed by atoms with Gasteiger partial charge >= 0.3 is 6.03 Å². The minimum absolute atomic E-state index is 0.132. The van der Waals surface area contributed by atoms with Gasteiger partial charge in [-0.2, -0.15) is 4.31 Å². The molecule has 0 aromatic heterocycles. The van der Waals surface area contributed by atoms with E-state index in [1.54, 1.807) is 4.90 Å². The summed E-state index contributed by atoms with van der Waals surface area (Å²) in [7, 11) is -3.14. The van der Waals surface area contributed by atoms with Crippen LogP contribution >= 0.6 is 0 Å². The number of amides is 2. The van der Waals surface area contributed by atoms with Crippen LogP contribution in [0.1, 0.15) is 25.7 Å². The first-order chi connectivity index (χ1) is 8.97. The number of piperazine rings is 1. The van der Waals surface area contributed by atoms with Crippen LogP contribution in [0.4, 0.5) is 4.79 Å². The van der Waals surface area contributed by atoms with Crippen LogP contribution in [0.2, 0.25) is 0 Å². The highest BCUT2D eigenvalue weighted by Gasteiger charge is 2.25. The molecule has 1 saturated carbocycles. The highest BCUT2D eigenvalue weighted by atomic mass is 32.2. The molecular weight excluding hydrogens is 266 g/mol. The standard InChI is InChI=1S/C12H21N3O3S/c1-19(17,18)15-8-6-14(7-9-15)12(16)13-10-11-4-2-3-5-11/h10H,2-9H2,1H3,(H,13,16). The normalized spacial score (nSPS) is 21.5. The van der Waals surface area contributed by atoms with Crippen molar-refractivity contribution in [3.8, 4) is 0 Å². The first-order valence-electron chi connectivity index (χ1n) is 6.65. The Balaban J connectivity index is 1.81. The Hall–Kier alpha value is -1.08. The average molecular weight is 287 g/mol. The Labute approximate surface area is 114 Å². The molecule has 7 heteroatoms. The summed E-state index contributed by atoms with van der Waals surface area (Å²) in [6.07, 6.45) is 7.57. The predicted molar refractivity (Wildman–Crippen MR) is 73.1 cm³/mol. The number of nitrogens with one attached hydrogen (secondary N) is 1. The fourth-order valence-corrected chi connectivity index (χ4v) is 3.28. The first-order valence-corrected chi connectivity index (χ1v) is 8.50. The Morgan fingerprint density at radius 3 is 2.26 bits per heavy atom. The molecule has 0 aromatic rings. The monoisotopic (exact) mass is 287 g/mol. The quantitative estimate of drug-likeness (QED) is 0.814. The van der Waals surface area contributed by atoms with Gasteiger partial charge in [0.2, 0.25) is 10.0 Å². The molecule has 0 atom stereocenters. The highest BCUT2D eigenvalue weighted by Crippen LogP contribution is 2.22. The molecule has 1 N–H and O–H groups in total. The molecule has 1 aliphatic carbocycles. The summed E-state index contributed by atoms with van der Waals surface area (Å²) in [6, 6.07) is -0.132. The van der Waals surface area contributed by atoms with Gasteiger partial charge in [0.15, 0.2) is 0 Å². The maximum absolute atomic E-state index is 11.9. The van der Waals surface area contributed by atoms with Crippen LogP contribution in [0.25, 0.3) is 0 Å². The van der Waals surface area contributed by atoms with E-state index in [2.05, 4.69) is 5.32 Å². The number of nitrogens with zero attached hydrogens (tertiary/aromatic N) is 2. The molecule has 19 heavy (non-hydrogen) atoms. The van der Waals surface area contributed by atoms with E-state index in [-0.39, 0.29) is 6.03 Å². The summed E-state index contributed by atoms with van der Waals surface area (Å²) in [5, 5.41) is 2.80. The lowest BCUT2D eigenvalue weighted by Gasteiger charge is -2.32. The maximum Gasteiger partial charge on any atom is 0.321 e. The number of hydrogen-bond donors (Lipinski definition) is 1. The SMILES string of the molecule is CS(=O)(=O)N1CCN(C(=O)NC=C2CCCC2)CC1. The molecule has 2 amide bonds. The number of rotatable bonds is 2. The Morgan fingerprint density at radius 2 is 1.74 bits per heavy atom. The van der Waals surface area contributed by atoms with Crippen LogP contribution < -0.4 is 5.32 Å². The van der Waals surface area contributed by atoms with E-state index in [1.807, 2.05) is 6.20 Å². The summed E-state index contributed by atoms with van der Waals surface area (Å²) in [5.41, 5.74) is 1.29. The van der Waals surface area contributed by atoms with Crippen molar-refractivity contribution in [3.05, 3.63) is 11.8 Å². The van der Waals surface area contributed by atoms with Crippen LogP contribution in [0.3, 0.4) is 0 Å². The van der Waals surface area contributed by atoms with E-state index in [4.69, 9.17) is 0 Å². The third-order valence-corrected chi connectivity index (χ3v) is 4.94. The second kappa shape index (κ2) is 5.92. The van der Waals surface area contributed by atoms with E-state index in [0.29, 0.717) is 26.2 Å². The molecule has 1 heterocycles. The van der Waals surface area contributed by atoms with Crippen molar-refractivity contribution in [1.82, 2.24) is 14.5 Å². The molecule has 2 aliphatic rings. The molecule has 6 nitrogen and oxygen atoms in total. The van der Waals surface area contributed by atoms with Crippen molar-refractivity contribution in [2.24, 2.45) is 0 Å². The number of carbonyl (C=O) groups excluding carboxylic acids is 1. The molecular formula is C12H21N3O3S. The highest BCUT2D eigenvalue weighted by molar-refractivity contribution is 7.88.